The zero-order valence-electron chi connectivity index (χ0n) is 14.3. The third-order valence-electron chi connectivity index (χ3n) is 3.94. The summed E-state index contributed by atoms with van der Waals surface area (Å²) in [5.41, 5.74) is -1.02. The average Bonchev–Trinajstić information content (AvgIpc) is 2.44. The molecule has 1 amide bonds. The number of carboxylic acid groups (broad SMARTS) is 1. The first-order valence-corrected chi connectivity index (χ1v) is 8.07. The van der Waals surface area contributed by atoms with Crippen LogP contribution in [0.1, 0.15) is 60.3 Å². The molecule has 0 unspecified atom stereocenters. The number of hydrogen-bond donors (Lipinski definition) is 1. The summed E-state index contributed by atoms with van der Waals surface area (Å²) in [5.74, 6) is -0.862. The lowest BCUT2D eigenvalue weighted by Gasteiger charge is -2.35. The molecule has 0 bridgehead atoms. The Labute approximate surface area is 129 Å². The predicted octanol–water partition coefficient (Wildman–Crippen LogP) is 2.60. The first kappa shape index (κ1) is 19.9. The molecule has 124 valence electrons. The summed E-state index contributed by atoms with van der Waals surface area (Å²) in [5, 5.41) is 9.31. The molecule has 0 radical (unpaired) electrons. The Bertz CT molecular complexity index is 321. The highest BCUT2D eigenvalue weighted by Gasteiger charge is 2.35. The Morgan fingerprint density at radius 1 is 1.00 bits per heavy atom. The summed E-state index contributed by atoms with van der Waals surface area (Å²) in [6.45, 7) is 11.6. The fourth-order valence-electron chi connectivity index (χ4n) is 2.16. The highest BCUT2D eigenvalue weighted by atomic mass is 16.4. The third kappa shape index (κ3) is 6.46. The van der Waals surface area contributed by atoms with E-state index >= 15 is 0 Å². The molecule has 0 heterocycles. The number of carboxylic acids is 1. The van der Waals surface area contributed by atoms with Crippen molar-refractivity contribution in [3.05, 3.63) is 0 Å². The molecule has 1 N–H and O–H groups in total. The third-order valence-corrected chi connectivity index (χ3v) is 3.94. The van der Waals surface area contributed by atoms with E-state index in [-0.39, 0.29) is 12.5 Å². The van der Waals surface area contributed by atoms with Crippen molar-refractivity contribution in [1.29, 1.82) is 0 Å². The normalized spacial score (nSPS) is 11.7. The minimum Gasteiger partial charge on any atom is -0.480 e. The van der Waals surface area contributed by atoms with Gasteiger partial charge in [-0.25, -0.2) is 0 Å². The van der Waals surface area contributed by atoms with Crippen molar-refractivity contribution in [3.63, 3.8) is 0 Å². The van der Waals surface area contributed by atoms with Crippen molar-refractivity contribution in [2.75, 3.05) is 26.2 Å². The summed E-state index contributed by atoms with van der Waals surface area (Å²) in [6.07, 6.45) is 4.08. The van der Waals surface area contributed by atoms with E-state index < -0.39 is 11.5 Å². The lowest BCUT2D eigenvalue weighted by Crippen LogP contribution is -2.54. The number of nitrogens with zero attached hydrogens (tertiary/aromatic N) is 2. The molecule has 0 spiro atoms. The van der Waals surface area contributed by atoms with Gasteiger partial charge in [-0.3, -0.25) is 14.5 Å². The number of hydrogen-bond acceptors (Lipinski definition) is 3. The Morgan fingerprint density at radius 2 is 1.48 bits per heavy atom. The molecule has 21 heavy (non-hydrogen) atoms. The van der Waals surface area contributed by atoms with Crippen LogP contribution in [0, 0.1) is 0 Å². The van der Waals surface area contributed by atoms with Crippen LogP contribution in [0.3, 0.4) is 0 Å². The van der Waals surface area contributed by atoms with Gasteiger partial charge in [-0.15, -0.1) is 0 Å². The maximum absolute atomic E-state index is 12.5. The largest absolute Gasteiger partial charge is 0.480 e. The molecule has 0 rings (SSSR count). The van der Waals surface area contributed by atoms with Gasteiger partial charge in [0.25, 0.3) is 0 Å². The number of aliphatic carboxylic acids is 1. The van der Waals surface area contributed by atoms with Crippen molar-refractivity contribution in [1.82, 2.24) is 9.80 Å². The van der Waals surface area contributed by atoms with Gasteiger partial charge in [0.2, 0.25) is 5.91 Å². The van der Waals surface area contributed by atoms with Crippen LogP contribution >= 0.6 is 0 Å². The molecule has 0 aliphatic heterocycles. The number of unbranched alkanes of at least 4 members (excludes halogenated alkanes) is 2. The molecule has 5 nitrogen and oxygen atoms in total. The monoisotopic (exact) mass is 300 g/mol. The SMILES string of the molecule is CCCCN(CCCC)C(=O)CN(CC)C(C)(C)C(=O)O. The van der Waals surface area contributed by atoms with Gasteiger partial charge in [0.1, 0.15) is 5.54 Å². The molecule has 5 heteroatoms. The quantitative estimate of drug-likeness (QED) is 0.637. The Morgan fingerprint density at radius 3 is 1.81 bits per heavy atom. The fraction of sp³-hybridized carbons (Fsp3) is 0.875. The van der Waals surface area contributed by atoms with E-state index in [1.54, 1.807) is 18.7 Å². The van der Waals surface area contributed by atoms with Crippen molar-refractivity contribution >= 4 is 11.9 Å². The molecule has 0 saturated heterocycles. The zero-order chi connectivity index (χ0) is 16.5. The van der Waals surface area contributed by atoms with Gasteiger partial charge in [0, 0.05) is 13.1 Å². The van der Waals surface area contributed by atoms with Gasteiger partial charge < -0.3 is 10.0 Å². The van der Waals surface area contributed by atoms with E-state index in [0.29, 0.717) is 6.54 Å². The lowest BCUT2D eigenvalue weighted by atomic mass is 10.0. The maximum Gasteiger partial charge on any atom is 0.323 e. The van der Waals surface area contributed by atoms with Crippen LogP contribution in [0.5, 0.6) is 0 Å². The molecule has 0 atom stereocenters. The topological polar surface area (TPSA) is 60.9 Å². The van der Waals surface area contributed by atoms with Crippen LogP contribution in [0.25, 0.3) is 0 Å². The molecule has 0 aromatic rings. The first-order valence-electron chi connectivity index (χ1n) is 8.07. The van der Waals surface area contributed by atoms with Crippen molar-refractivity contribution in [2.45, 2.75) is 65.8 Å². The zero-order valence-corrected chi connectivity index (χ0v) is 14.3. The molecular weight excluding hydrogens is 268 g/mol. The average molecular weight is 300 g/mol. The van der Waals surface area contributed by atoms with Gasteiger partial charge in [-0.2, -0.15) is 0 Å². The number of likely N-dealkylation sites (N-methyl/N-ethyl adjacent to an activating group) is 1. The Hall–Kier alpha value is -1.10. The lowest BCUT2D eigenvalue weighted by molar-refractivity contribution is -0.151. The highest BCUT2D eigenvalue weighted by molar-refractivity contribution is 5.81. The van der Waals surface area contributed by atoms with Crippen molar-refractivity contribution in [2.24, 2.45) is 0 Å². The van der Waals surface area contributed by atoms with Gasteiger partial charge in [0.05, 0.1) is 6.54 Å². The van der Waals surface area contributed by atoms with Crippen LogP contribution in [-0.2, 0) is 9.59 Å². The van der Waals surface area contributed by atoms with Crippen LogP contribution < -0.4 is 0 Å². The minimum atomic E-state index is -1.02. The van der Waals surface area contributed by atoms with Crippen LogP contribution in [0.15, 0.2) is 0 Å². The van der Waals surface area contributed by atoms with Gasteiger partial charge in [-0.05, 0) is 33.2 Å². The maximum atomic E-state index is 12.5. The second-order valence-corrected chi connectivity index (χ2v) is 5.97. The van der Waals surface area contributed by atoms with Gasteiger partial charge in [0.15, 0.2) is 0 Å². The van der Waals surface area contributed by atoms with E-state index in [2.05, 4.69) is 13.8 Å². The van der Waals surface area contributed by atoms with Crippen LogP contribution in [0.4, 0.5) is 0 Å². The van der Waals surface area contributed by atoms with E-state index in [1.165, 1.54) is 0 Å². The van der Waals surface area contributed by atoms with Crippen molar-refractivity contribution < 1.29 is 14.7 Å². The van der Waals surface area contributed by atoms with Crippen LogP contribution in [-0.4, -0.2) is 58.5 Å². The van der Waals surface area contributed by atoms with Gasteiger partial charge in [-0.1, -0.05) is 33.6 Å². The Balaban J connectivity index is 4.79. The second-order valence-electron chi connectivity index (χ2n) is 5.97. The molecule has 0 fully saturated rings. The van der Waals surface area contributed by atoms with Crippen LogP contribution in [0.2, 0.25) is 0 Å². The van der Waals surface area contributed by atoms with E-state index in [0.717, 1.165) is 38.8 Å². The summed E-state index contributed by atoms with van der Waals surface area (Å²) < 4.78 is 0. The number of rotatable bonds is 11. The van der Waals surface area contributed by atoms with E-state index in [4.69, 9.17) is 0 Å². The predicted molar refractivity (Wildman–Crippen MR) is 85.4 cm³/mol. The fourth-order valence-corrected chi connectivity index (χ4v) is 2.16. The summed E-state index contributed by atoms with van der Waals surface area (Å²) >= 11 is 0. The number of amides is 1. The first-order chi connectivity index (χ1) is 9.81. The van der Waals surface area contributed by atoms with Gasteiger partial charge >= 0.3 is 5.97 Å². The number of carbonyl (C=O) groups is 2. The van der Waals surface area contributed by atoms with E-state index in [1.807, 2.05) is 11.8 Å². The summed E-state index contributed by atoms with van der Waals surface area (Å²) in [4.78, 5) is 27.4. The smallest absolute Gasteiger partial charge is 0.323 e. The highest BCUT2D eigenvalue weighted by Crippen LogP contribution is 2.15. The summed E-state index contributed by atoms with van der Waals surface area (Å²) in [6, 6.07) is 0. The standard InChI is InChI=1S/C16H32N2O3/c1-6-9-11-17(12-10-7-2)14(19)13-18(8-3)16(4,5)15(20)21/h6-13H2,1-5H3,(H,20,21). The second kappa shape index (κ2) is 9.77. The minimum absolute atomic E-state index is 0.0353. The molecule has 0 saturated carbocycles. The van der Waals surface area contributed by atoms with Crippen molar-refractivity contribution in [3.8, 4) is 0 Å². The summed E-state index contributed by atoms with van der Waals surface area (Å²) in [7, 11) is 0. The molecule has 0 aromatic carbocycles. The molecule has 0 aromatic heterocycles. The molecular formula is C16H32N2O3. The number of carbonyl (C=O) groups excluding carboxylic acids is 1. The molecule has 0 aliphatic carbocycles. The molecule has 0 aliphatic rings. The Kier molecular flexibility index (Phi) is 9.26. The van der Waals surface area contributed by atoms with E-state index in [9.17, 15) is 14.7 Å².